The molecule has 2 bridgehead atoms. The van der Waals surface area contributed by atoms with Crippen LogP contribution in [0.5, 0.6) is 0 Å². The second-order valence-corrected chi connectivity index (χ2v) is 8.25. The fourth-order valence-corrected chi connectivity index (χ4v) is 5.06. The van der Waals surface area contributed by atoms with E-state index in [9.17, 15) is 0 Å². The number of anilines is 1. The summed E-state index contributed by atoms with van der Waals surface area (Å²) in [6.45, 7) is 7.20. The Balaban J connectivity index is 1.92. The molecule has 2 fully saturated rings. The van der Waals surface area contributed by atoms with Gasteiger partial charge >= 0.3 is 0 Å². The zero-order valence-corrected chi connectivity index (χ0v) is 13.9. The van der Waals surface area contributed by atoms with Gasteiger partial charge in [0.05, 0.1) is 11.6 Å². The molecule has 1 aromatic rings. The summed E-state index contributed by atoms with van der Waals surface area (Å²) in [5.74, 6) is 0.826. The molecule has 2 aliphatic carbocycles. The summed E-state index contributed by atoms with van der Waals surface area (Å²) in [5, 5.41) is 12.8. The second-order valence-electron chi connectivity index (χ2n) is 7.33. The quantitative estimate of drug-likeness (QED) is 0.831. The lowest BCUT2D eigenvalue weighted by atomic mass is 9.68. The predicted molar refractivity (Wildman–Crippen MR) is 85.5 cm³/mol. The summed E-state index contributed by atoms with van der Waals surface area (Å²) in [6, 6.07) is 8.60. The molecule has 106 valence electrons. The minimum absolute atomic E-state index is 0.322. The maximum absolute atomic E-state index is 9.11. The lowest BCUT2D eigenvalue weighted by molar-refractivity contribution is 0.155. The minimum Gasteiger partial charge on any atom is -0.381 e. The fraction of sp³-hybridized carbons (Fsp3) is 0.588. The zero-order chi connectivity index (χ0) is 14.5. The molecule has 0 aliphatic heterocycles. The maximum Gasteiger partial charge on any atom is 0.0992 e. The largest absolute Gasteiger partial charge is 0.381 e. The molecule has 0 heterocycles. The van der Waals surface area contributed by atoms with Crippen molar-refractivity contribution in [3.8, 4) is 6.07 Å². The van der Waals surface area contributed by atoms with E-state index in [0.29, 0.717) is 22.4 Å². The van der Waals surface area contributed by atoms with Crippen LogP contribution in [0.2, 0.25) is 0 Å². The summed E-state index contributed by atoms with van der Waals surface area (Å²) in [6.07, 6.45) is 4.01. The number of nitrogens with zero attached hydrogens (tertiary/aromatic N) is 1. The molecule has 3 unspecified atom stereocenters. The van der Waals surface area contributed by atoms with Crippen molar-refractivity contribution in [2.24, 2.45) is 16.7 Å². The molecule has 1 N–H and O–H groups in total. The van der Waals surface area contributed by atoms with Gasteiger partial charge in [-0.05, 0) is 54.2 Å². The van der Waals surface area contributed by atoms with Crippen LogP contribution in [0.25, 0.3) is 0 Å². The molecular weight excluding hydrogens is 312 g/mol. The maximum atomic E-state index is 9.11. The minimum atomic E-state index is 0.322. The summed E-state index contributed by atoms with van der Waals surface area (Å²) >= 11 is 3.50. The van der Waals surface area contributed by atoms with Gasteiger partial charge in [-0.2, -0.15) is 5.26 Å². The highest BCUT2D eigenvalue weighted by Gasteiger charge is 2.59. The SMILES string of the molecule is CC12CCC(C1)C(C)(C)C2Nc1cc(Br)cc(C#N)c1. The van der Waals surface area contributed by atoms with E-state index in [-0.39, 0.29) is 0 Å². The third kappa shape index (κ3) is 2.05. The Morgan fingerprint density at radius 1 is 1.30 bits per heavy atom. The van der Waals surface area contributed by atoms with Crippen molar-refractivity contribution in [1.29, 1.82) is 5.26 Å². The van der Waals surface area contributed by atoms with Gasteiger partial charge in [-0.1, -0.05) is 36.7 Å². The molecule has 2 nitrogen and oxygen atoms in total. The number of hydrogen-bond acceptors (Lipinski definition) is 2. The van der Waals surface area contributed by atoms with Crippen molar-refractivity contribution in [3.63, 3.8) is 0 Å². The third-order valence-electron chi connectivity index (χ3n) is 5.61. The molecule has 0 aromatic heterocycles. The second kappa shape index (κ2) is 4.49. The molecule has 1 aromatic carbocycles. The summed E-state index contributed by atoms with van der Waals surface area (Å²) in [4.78, 5) is 0. The van der Waals surface area contributed by atoms with Gasteiger partial charge in [0.1, 0.15) is 0 Å². The molecule has 2 saturated carbocycles. The van der Waals surface area contributed by atoms with Crippen LogP contribution in [-0.4, -0.2) is 6.04 Å². The van der Waals surface area contributed by atoms with Gasteiger partial charge in [0, 0.05) is 16.2 Å². The molecule has 3 atom stereocenters. The molecule has 0 spiro atoms. The van der Waals surface area contributed by atoms with Crippen molar-refractivity contribution in [2.45, 2.75) is 46.1 Å². The number of fused-ring (bicyclic) bond motifs is 2. The van der Waals surface area contributed by atoms with E-state index in [1.165, 1.54) is 19.3 Å². The van der Waals surface area contributed by atoms with Crippen LogP contribution < -0.4 is 5.32 Å². The predicted octanol–water partition coefficient (Wildman–Crippen LogP) is 4.95. The normalized spacial score (nSPS) is 34.0. The van der Waals surface area contributed by atoms with Gasteiger partial charge in [0.2, 0.25) is 0 Å². The average Bonchev–Trinajstić information content (AvgIpc) is 2.85. The molecule has 3 rings (SSSR count). The number of halogens is 1. The highest BCUT2D eigenvalue weighted by molar-refractivity contribution is 9.10. The Morgan fingerprint density at radius 3 is 2.65 bits per heavy atom. The number of nitriles is 1. The van der Waals surface area contributed by atoms with E-state index in [4.69, 9.17) is 5.26 Å². The molecule has 3 heteroatoms. The first-order chi connectivity index (χ1) is 9.35. The van der Waals surface area contributed by atoms with E-state index in [0.717, 1.165) is 16.1 Å². The first kappa shape index (κ1) is 13.9. The van der Waals surface area contributed by atoms with Crippen molar-refractivity contribution in [2.75, 3.05) is 5.32 Å². The Kier molecular flexibility index (Phi) is 3.14. The standard InChI is InChI=1S/C17H21BrN2/c1-16(2)12-4-5-17(3,9-12)15(16)20-14-7-11(10-19)6-13(18)8-14/h6-8,12,15,20H,4-5,9H2,1-3H3. The van der Waals surface area contributed by atoms with Crippen LogP contribution in [0.15, 0.2) is 22.7 Å². The van der Waals surface area contributed by atoms with Crippen LogP contribution in [0, 0.1) is 28.1 Å². The Hall–Kier alpha value is -1.01. The van der Waals surface area contributed by atoms with Gasteiger partial charge in [0.15, 0.2) is 0 Å². The number of benzene rings is 1. The number of rotatable bonds is 2. The average molecular weight is 333 g/mol. The van der Waals surface area contributed by atoms with Crippen molar-refractivity contribution in [1.82, 2.24) is 0 Å². The van der Waals surface area contributed by atoms with Crippen LogP contribution in [0.1, 0.15) is 45.6 Å². The number of nitrogens with one attached hydrogen (secondary N) is 1. The molecular formula is C17H21BrN2. The Labute approximate surface area is 129 Å². The molecule has 0 amide bonds. The van der Waals surface area contributed by atoms with Crippen molar-refractivity contribution >= 4 is 21.6 Å². The number of hydrogen-bond donors (Lipinski definition) is 1. The van der Waals surface area contributed by atoms with Gasteiger partial charge in [-0.15, -0.1) is 0 Å². The van der Waals surface area contributed by atoms with Gasteiger partial charge in [-0.3, -0.25) is 0 Å². The highest BCUT2D eigenvalue weighted by Crippen LogP contribution is 2.63. The van der Waals surface area contributed by atoms with Gasteiger partial charge in [0.25, 0.3) is 0 Å². The van der Waals surface area contributed by atoms with E-state index in [2.05, 4.69) is 54.2 Å². The van der Waals surface area contributed by atoms with Crippen LogP contribution in [0.4, 0.5) is 5.69 Å². The fourth-order valence-electron chi connectivity index (χ4n) is 4.57. The lowest BCUT2D eigenvalue weighted by Gasteiger charge is -2.43. The summed E-state index contributed by atoms with van der Waals surface area (Å²) < 4.78 is 0.963. The van der Waals surface area contributed by atoms with Crippen molar-refractivity contribution in [3.05, 3.63) is 28.2 Å². The summed E-state index contributed by atoms with van der Waals surface area (Å²) in [7, 11) is 0. The first-order valence-electron chi connectivity index (χ1n) is 7.32. The molecule has 0 saturated heterocycles. The first-order valence-corrected chi connectivity index (χ1v) is 8.12. The molecule has 0 radical (unpaired) electrons. The lowest BCUT2D eigenvalue weighted by Crippen LogP contribution is -2.45. The van der Waals surface area contributed by atoms with E-state index in [1.807, 2.05) is 12.1 Å². The van der Waals surface area contributed by atoms with Crippen LogP contribution >= 0.6 is 15.9 Å². The van der Waals surface area contributed by atoms with E-state index < -0.39 is 0 Å². The molecule has 2 aliphatic rings. The monoisotopic (exact) mass is 332 g/mol. The van der Waals surface area contributed by atoms with Crippen LogP contribution in [-0.2, 0) is 0 Å². The Bertz CT molecular complexity index is 582. The summed E-state index contributed by atoms with van der Waals surface area (Å²) in [5.41, 5.74) is 2.47. The molecule has 20 heavy (non-hydrogen) atoms. The van der Waals surface area contributed by atoms with Crippen LogP contribution in [0.3, 0.4) is 0 Å². The van der Waals surface area contributed by atoms with Gasteiger partial charge in [-0.25, -0.2) is 0 Å². The topological polar surface area (TPSA) is 35.8 Å². The third-order valence-corrected chi connectivity index (χ3v) is 6.07. The smallest absolute Gasteiger partial charge is 0.0992 e. The Morgan fingerprint density at radius 2 is 2.05 bits per heavy atom. The van der Waals surface area contributed by atoms with Gasteiger partial charge < -0.3 is 5.32 Å². The van der Waals surface area contributed by atoms with Crippen molar-refractivity contribution < 1.29 is 0 Å². The highest BCUT2D eigenvalue weighted by atomic mass is 79.9. The zero-order valence-electron chi connectivity index (χ0n) is 12.3. The van der Waals surface area contributed by atoms with E-state index in [1.54, 1.807) is 0 Å². The van der Waals surface area contributed by atoms with E-state index >= 15 is 0 Å².